The molecule has 0 aliphatic carbocycles. The molecule has 0 N–H and O–H groups in total. The molecule has 30 heavy (non-hydrogen) atoms. The van der Waals surface area contributed by atoms with Crippen molar-refractivity contribution in [1.82, 2.24) is 9.88 Å². The van der Waals surface area contributed by atoms with Crippen molar-refractivity contribution < 1.29 is 27.8 Å². The van der Waals surface area contributed by atoms with Crippen LogP contribution in [0.3, 0.4) is 0 Å². The normalized spacial score (nSPS) is 19.8. The van der Waals surface area contributed by atoms with Crippen molar-refractivity contribution in [2.24, 2.45) is 5.92 Å². The molecular formula is C21H21F2N3O4. The Bertz CT molecular complexity index is 996. The maximum absolute atomic E-state index is 14.5. The highest BCUT2D eigenvalue weighted by atomic mass is 19.1. The molecule has 0 saturated carbocycles. The number of pyridine rings is 1. The molecule has 0 spiro atoms. The van der Waals surface area contributed by atoms with Crippen molar-refractivity contribution >= 4 is 17.6 Å². The Balaban J connectivity index is 1.65. The van der Waals surface area contributed by atoms with Gasteiger partial charge in [-0.3, -0.25) is 14.5 Å². The summed E-state index contributed by atoms with van der Waals surface area (Å²) >= 11 is 0. The Morgan fingerprint density at radius 3 is 2.57 bits per heavy atom. The van der Waals surface area contributed by atoms with Gasteiger partial charge in [0.05, 0.1) is 26.5 Å². The van der Waals surface area contributed by atoms with Gasteiger partial charge in [-0.1, -0.05) is 12.1 Å². The van der Waals surface area contributed by atoms with E-state index in [1.165, 1.54) is 24.3 Å². The molecule has 2 aliphatic heterocycles. The van der Waals surface area contributed by atoms with E-state index in [0.29, 0.717) is 24.3 Å². The summed E-state index contributed by atoms with van der Waals surface area (Å²) in [5, 5.41) is 0. The fourth-order valence-corrected chi connectivity index (χ4v) is 3.67. The van der Waals surface area contributed by atoms with Gasteiger partial charge in [-0.2, -0.15) is 0 Å². The third-order valence-corrected chi connectivity index (χ3v) is 5.46. The topological polar surface area (TPSA) is 72.0 Å². The number of carbonyl (C=O) groups excluding carboxylic acids is 2. The summed E-state index contributed by atoms with van der Waals surface area (Å²) in [4.78, 5) is 32.8. The van der Waals surface area contributed by atoms with Gasteiger partial charge in [0, 0.05) is 18.5 Å². The number of methoxy groups -OCH3 is 1. The highest BCUT2D eigenvalue weighted by Crippen LogP contribution is 2.31. The lowest BCUT2D eigenvalue weighted by Crippen LogP contribution is -2.65. The van der Waals surface area contributed by atoms with Crippen molar-refractivity contribution in [2.45, 2.75) is 19.5 Å². The van der Waals surface area contributed by atoms with Crippen LogP contribution in [-0.4, -0.2) is 54.6 Å². The number of nitrogens with zero attached hydrogens (tertiary/aromatic N) is 3. The summed E-state index contributed by atoms with van der Waals surface area (Å²) in [7, 11) is 1.38. The van der Waals surface area contributed by atoms with Crippen LogP contribution in [0, 0.1) is 24.5 Å². The second-order valence-electron chi connectivity index (χ2n) is 7.45. The SMILES string of the molecule is COc1cnc(N2CC(=O)N(Cc3ccc(C)c(F)c3)C(C3COC3)C2=O)c(F)c1. The highest BCUT2D eigenvalue weighted by Gasteiger charge is 2.47. The summed E-state index contributed by atoms with van der Waals surface area (Å²) in [6.45, 7) is 2.00. The van der Waals surface area contributed by atoms with Crippen molar-refractivity contribution in [1.29, 1.82) is 0 Å². The predicted molar refractivity (Wildman–Crippen MR) is 103 cm³/mol. The summed E-state index contributed by atoms with van der Waals surface area (Å²) in [6, 6.07) is 4.99. The Morgan fingerprint density at radius 2 is 1.97 bits per heavy atom. The number of anilines is 1. The second-order valence-corrected chi connectivity index (χ2v) is 7.45. The lowest BCUT2D eigenvalue weighted by Gasteiger charge is -2.45. The number of aromatic nitrogens is 1. The molecule has 7 nitrogen and oxygen atoms in total. The van der Waals surface area contributed by atoms with E-state index in [4.69, 9.17) is 9.47 Å². The Morgan fingerprint density at radius 1 is 1.20 bits per heavy atom. The first kappa shape index (κ1) is 20.2. The van der Waals surface area contributed by atoms with Gasteiger partial charge in [0.1, 0.15) is 24.2 Å². The Hall–Kier alpha value is -3.07. The summed E-state index contributed by atoms with van der Waals surface area (Å²) in [6.07, 6.45) is 1.29. The van der Waals surface area contributed by atoms with Crippen molar-refractivity contribution in [2.75, 3.05) is 31.8 Å². The van der Waals surface area contributed by atoms with Crippen LogP contribution in [0.2, 0.25) is 0 Å². The summed E-state index contributed by atoms with van der Waals surface area (Å²) in [5.41, 5.74) is 1.07. The van der Waals surface area contributed by atoms with E-state index in [-0.39, 0.29) is 42.3 Å². The van der Waals surface area contributed by atoms with Crippen LogP contribution in [0.4, 0.5) is 14.6 Å². The number of ether oxygens (including phenoxy) is 2. The van der Waals surface area contributed by atoms with Gasteiger partial charge in [0.2, 0.25) is 5.91 Å². The van der Waals surface area contributed by atoms with Gasteiger partial charge < -0.3 is 14.4 Å². The van der Waals surface area contributed by atoms with Crippen molar-refractivity contribution in [3.8, 4) is 5.75 Å². The minimum Gasteiger partial charge on any atom is -0.495 e. The lowest BCUT2D eigenvalue weighted by molar-refractivity contribution is -0.155. The smallest absolute Gasteiger partial charge is 0.251 e. The van der Waals surface area contributed by atoms with Gasteiger partial charge in [-0.05, 0) is 24.1 Å². The molecule has 2 saturated heterocycles. The number of amides is 2. The maximum Gasteiger partial charge on any atom is 0.251 e. The van der Waals surface area contributed by atoms with Crippen LogP contribution >= 0.6 is 0 Å². The molecule has 1 atom stereocenters. The zero-order valence-electron chi connectivity index (χ0n) is 16.6. The van der Waals surface area contributed by atoms with Gasteiger partial charge in [0.25, 0.3) is 5.91 Å². The number of carbonyl (C=O) groups is 2. The fourth-order valence-electron chi connectivity index (χ4n) is 3.67. The van der Waals surface area contributed by atoms with E-state index in [2.05, 4.69) is 4.98 Å². The molecule has 1 aromatic heterocycles. The van der Waals surface area contributed by atoms with Crippen LogP contribution < -0.4 is 9.64 Å². The van der Waals surface area contributed by atoms with Crippen LogP contribution in [0.15, 0.2) is 30.5 Å². The van der Waals surface area contributed by atoms with E-state index in [9.17, 15) is 18.4 Å². The fraction of sp³-hybridized carbons (Fsp3) is 0.381. The average molecular weight is 417 g/mol. The van der Waals surface area contributed by atoms with E-state index in [1.807, 2.05) is 0 Å². The van der Waals surface area contributed by atoms with Crippen molar-refractivity contribution in [3.63, 3.8) is 0 Å². The number of halogens is 2. The number of hydrogen-bond acceptors (Lipinski definition) is 5. The quantitative estimate of drug-likeness (QED) is 0.745. The molecule has 2 aromatic rings. The lowest BCUT2D eigenvalue weighted by atomic mass is 9.92. The Kier molecular flexibility index (Phi) is 5.38. The van der Waals surface area contributed by atoms with Crippen molar-refractivity contribution in [3.05, 3.63) is 53.2 Å². The van der Waals surface area contributed by atoms with Crippen LogP contribution in [0.1, 0.15) is 11.1 Å². The number of aryl methyl sites for hydroxylation is 1. The highest BCUT2D eigenvalue weighted by molar-refractivity contribution is 6.06. The molecule has 0 bridgehead atoms. The van der Waals surface area contributed by atoms with E-state index in [1.54, 1.807) is 19.1 Å². The van der Waals surface area contributed by atoms with E-state index in [0.717, 1.165) is 11.0 Å². The van der Waals surface area contributed by atoms with Crippen LogP contribution in [-0.2, 0) is 20.9 Å². The minimum absolute atomic E-state index is 0.0787. The Labute approximate surface area is 172 Å². The summed E-state index contributed by atoms with van der Waals surface area (Å²) < 4.78 is 38.7. The van der Waals surface area contributed by atoms with E-state index < -0.39 is 17.8 Å². The molecule has 1 aromatic carbocycles. The van der Waals surface area contributed by atoms with E-state index >= 15 is 0 Å². The summed E-state index contributed by atoms with van der Waals surface area (Å²) in [5.74, 6) is -2.18. The first-order valence-corrected chi connectivity index (χ1v) is 9.52. The number of hydrogen-bond donors (Lipinski definition) is 0. The van der Waals surface area contributed by atoms with Gasteiger partial charge in [-0.15, -0.1) is 0 Å². The first-order valence-electron chi connectivity index (χ1n) is 9.52. The second kappa shape index (κ2) is 7.98. The minimum atomic E-state index is -0.840. The molecule has 9 heteroatoms. The number of benzene rings is 1. The van der Waals surface area contributed by atoms with Crippen LogP contribution in [0.5, 0.6) is 5.75 Å². The van der Waals surface area contributed by atoms with Crippen LogP contribution in [0.25, 0.3) is 0 Å². The van der Waals surface area contributed by atoms with Gasteiger partial charge in [-0.25, -0.2) is 13.8 Å². The molecular weight excluding hydrogens is 396 g/mol. The zero-order valence-corrected chi connectivity index (χ0v) is 16.6. The third-order valence-electron chi connectivity index (χ3n) is 5.46. The first-order chi connectivity index (χ1) is 14.4. The standard InChI is InChI=1S/C21H21F2N3O4/c1-12-3-4-13(5-16(12)22)8-25-18(27)9-26(21(28)19(25)14-10-30-11-14)20-17(23)6-15(29-2)7-24-20/h3-7,14,19H,8-11H2,1-2H3. The molecule has 3 heterocycles. The largest absolute Gasteiger partial charge is 0.495 e. The molecule has 4 rings (SSSR count). The molecule has 2 amide bonds. The molecule has 2 fully saturated rings. The molecule has 158 valence electrons. The zero-order chi connectivity index (χ0) is 21.4. The van der Waals surface area contributed by atoms with Gasteiger partial charge in [0.15, 0.2) is 11.6 Å². The maximum atomic E-state index is 14.5. The third kappa shape index (κ3) is 3.60. The average Bonchev–Trinajstić information content (AvgIpc) is 2.68. The molecule has 2 aliphatic rings. The number of piperazine rings is 1. The predicted octanol–water partition coefficient (Wildman–Crippen LogP) is 2.07. The molecule has 0 radical (unpaired) electrons. The molecule has 1 unspecified atom stereocenters. The van der Waals surface area contributed by atoms with Gasteiger partial charge >= 0.3 is 0 Å². The monoisotopic (exact) mass is 417 g/mol. The number of rotatable bonds is 5.